The van der Waals surface area contributed by atoms with Crippen molar-refractivity contribution in [3.8, 4) is 0 Å². The number of nitrogens with zero attached hydrogens (tertiary/aromatic N) is 2. The summed E-state index contributed by atoms with van der Waals surface area (Å²) < 4.78 is 0. The quantitative estimate of drug-likeness (QED) is 0.879. The lowest BCUT2D eigenvalue weighted by Gasteiger charge is -2.33. The molecular weight excluding hydrogens is 262 g/mol. The van der Waals surface area contributed by atoms with Crippen LogP contribution >= 0.6 is 0 Å². The van der Waals surface area contributed by atoms with Crippen LogP contribution in [0.3, 0.4) is 0 Å². The van der Waals surface area contributed by atoms with Crippen LogP contribution in [0.25, 0.3) is 0 Å². The first-order valence-corrected chi connectivity index (χ1v) is 7.28. The van der Waals surface area contributed by atoms with Crippen LogP contribution in [0.4, 0.5) is 11.5 Å². The molecule has 0 atom stereocenters. The van der Waals surface area contributed by atoms with E-state index in [2.05, 4.69) is 16.0 Å². The van der Waals surface area contributed by atoms with Gasteiger partial charge in [0.05, 0.1) is 0 Å². The summed E-state index contributed by atoms with van der Waals surface area (Å²) in [5, 5.41) is 0. The van der Waals surface area contributed by atoms with E-state index in [1.165, 1.54) is 11.3 Å². The maximum Gasteiger partial charge on any atom is 0.150 e. The molecule has 2 aromatic rings. The van der Waals surface area contributed by atoms with Crippen molar-refractivity contribution in [3.05, 3.63) is 53.7 Å². The van der Waals surface area contributed by atoms with Crippen LogP contribution in [0.5, 0.6) is 0 Å². The molecule has 108 valence electrons. The highest BCUT2D eigenvalue weighted by Gasteiger charge is 2.20. The monoisotopic (exact) mass is 281 g/mol. The third-order valence-corrected chi connectivity index (χ3v) is 4.17. The number of hydrogen-bond donors (Lipinski definition) is 1. The number of hydrogen-bond acceptors (Lipinski definition) is 4. The van der Waals surface area contributed by atoms with Gasteiger partial charge in [0.15, 0.2) is 0 Å². The fourth-order valence-electron chi connectivity index (χ4n) is 2.89. The fourth-order valence-corrected chi connectivity index (χ4v) is 2.89. The zero-order valence-corrected chi connectivity index (χ0v) is 11.9. The molecule has 1 aromatic carbocycles. The molecular formula is C17H19N3O. The Morgan fingerprint density at radius 1 is 1.10 bits per heavy atom. The number of benzene rings is 1. The van der Waals surface area contributed by atoms with Gasteiger partial charge in [-0.2, -0.15) is 0 Å². The van der Waals surface area contributed by atoms with Crippen LogP contribution in [0.2, 0.25) is 0 Å². The summed E-state index contributed by atoms with van der Waals surface area (Å²) in [6.07, 6.45) is 5.00. The third-order valence-electron chi connectivity index (χ3n) is 4.17. The minimum atomic E-state index is 0.559. The van der Waals surface area contributed by atoms with Gasteiger partial charge in [0.2, 0.25) is 0 Å². The molecule has 0 spiro atoms. The number of rotatable bonds is 3. The minimum Gasteiger partial charge on any atom is -0.384 e. The highest BCUT2D eigenvalue weighted by atomic mass is 16.1. The van der Waals surface area contributed by atoms with Gasteiger partial charge < -0.3 is 10.6 Å². The van der Waals surface area contributed by atoms with Crippen molar-refractivity contribution in [3.63, 3.8) is 0 Å². The smallest absolute Gasteiger partial charge is 0.150 e. The van der Waals surface area contributed by atoms with Crippen LogP contribution < -0.4 is 10.6 Å². The number of nitrogen functional groups attached to an aromatic ring is 1. The molecule has 1 saturated heterocycles. The topological polar surface area (TPSA) is 59.2 Å². The number of aldehydes is 1. The van der Waals surface area contributed by atoms with Gasteiger partial charge in [0.25, 0.3) is 0 Å². The average Bonchev–Trinajstić information content (AvgIpc) is 2.56. The Balaban J connectivity index is 1.64. The van der Waals surface area contributed by atoms with Crippen LogP contribution in [-0.4, -0.2) is 24.4 Å². The predicted octanol–water partition coefficient (Wildman–Crippen LogP) is 2.86. The van der Waals surface area contributed by atoms with E-state index in [-0.39, 0.29) is 0 Å². The lowest BCUT2D eigenvalue weighted by Crippen LogP contribution is -2.32. The Bertz CT molecular complexity index is 599. The van der Waals surface area contributed by atoms with Crippen molar-refractivity contribution >= 4 is 17.8 Å². The second kappa shape index (κ2) is 5.95. The van der Waals surface area contributed by atoms with Gasteiger partial charge >= 0.3 is 0 Å². The van der Waals surface area contributed by atoms with E-state index in [1.54, 1.807) is 0 Å². The van der Waals surface area contributed by atoms with Gasteiger partial charge in [-0.15, -0.1) is 0 Å². The summed E-state index contributed by atoms with van der Waals surface area (Å²) in [7, 11) is 0. The van der Waals surface area contributed by atoms with Crippen molar-refractivity contribution in [1.29, 1.82) is 0 Å². The number of anilines is 2. The van der Waals surface area contributed by atoms with E-state index in [9.17, 15) is 4.79 Å². The van der Waals surface area contributed by atoms with E-state index in [0.717, 1.165) is 37.8 Å². The Labute approximate surface area is 124 Å². The predicted molar refractivity (Wildman–Crippen MR) is 84.7 cm³/mol. The van der Waals surface area contributed by atoms with E-state index < -0.39 is 0 Å². The third kappa shape index (κ3) is 3.05. The van der Waals surface area contributed by atoms with Gasteiger partial charge in [0, 0.05) is 30.5 Å². The number of carbonyl (C=O) groups excluding carboxylic acids is 1. The maximum atomic E-state index is 10.7. The molecule has 4 heteroatoms. The molecule has 0 unspecified atom stereocenters. The van der Waals surface area contributed by atoms with Crippen molar-refractivity contribution in [2.75, 3.05) is 23.7 Å². The Morgan fingerprint density at radius 2 is 1.81 bits per heavy atom. The van der Waals surface area contributed by atoms with Crippen molar-refractivity contribution in [2.24, 2.45) is 0 Å². The fraction of sp³-hybridized carbons (Fsp3) is 0.294. The molecule has 3 rings (SSSR count). The first-order chi connectivity index (χ1) is 10.3. The molecule has 21 heavy (non-hydrogen) atoms. The lowest BCUT2D eigenvalue weighted by atomic mass is 9.90. The zero-order chi connectivity index (χ0) is 14.7. The molecule has 0 amide bonds. The summed E-state index contributed by atoms with van der Waals surface area (Å²) in [6, 6.07) is 11.8. The second-order valence-corrected chi connectivity index (χ2v) is 5.49. The second-order valence-electron chi connectivity index (χ2n) is 5.49. The van der Waals surface area contributed by atoms with Crippen molar-refractivity contribution < 1.29 is 4.79 Å². The van der Waals surface area contributed by atoms with Gasteiger partial charge in [-0.25, -0.2) is 4.98 Å². The molecule has 0 radical (unpaired) electrons. The van der Waals surface area contributed by atoms with Crippen LogP contribution in [0.15, 0.2) is 42.6 Å². The normalized spacial score (nSPS) is 15.9. The molecule has 4 nitrogen and oxygen atoms in total. The molecule has 1 aliphatic rings. The highest BCUT2D eigenvalue weighted by Crippen LogP contribution is 2.30. The van der Waals surface area contributed by atoms with Crippen LogP contribution in [-0.2, 0) is 0 Å². The summed E-state index contributed by atoms with van der Waals surface area (Å²) in [5.74, 6) is 1.13. The van der Waals surface area contributed by atoms with E-state index in [4.69, 9.17) is 5.73 Å². The van der Waals surface area contributed by atoms with Gasteiger partial charge in [-0.3, -0.25) is 4.79 Å². The summed E-state index contributed by atoms with van der Waals surface area (Å²) >= 11 is 0. The van der Waals surface area contributed by atoms with Gasteiger partial charge in [-0.05, 0) is 54.7 Å². The molecule has 1 fully saturated rings. The average molecular weight is 281 g/mol. The first kappa shape index (κ1) is 13.6. The standard InChI is InChI=1S/C17H19N3O/c18-17-6-3-15(11-19-17)14-7-9-20(10-8-14)16-4-1-13(12-21)2-5-16/h1-6,11-12,14H,7-10H2,(H2,18,19). The highest BCUT2D eigenvalue weighted by molar-refractivity contribution is 5.75. The Morgan fingerprint density at radius 3 is 2.38 bits per heavy atom. The largest absolute Gasteiger partial charge is 0.384 e. The molecule has 2 N–H and O–H groups in total. The minimum absolute atomic E-state index is 0.559. The van der Waals surface area contributed by atoms with Gasteiger partial charge in [0.1, 0.15) is 12.1 Å². The zero-order valence-electron chi connectivity index (χ0n) is 11.9. The van der Waals surface area contributed by atoms with Gasteiger partial charge in [-0.1, -0.05) is 6.07 Å². The van der Waals surface area contributed by atoms with E-state index in [1.807, 2.05) is 36.5 Å². The first-order valence-electron chi connectivity index (χ1n) is 7.28. The van der Waals surface area contributed by atoms with E-state index in [0.29, 0.717) is 11.7 Å². The van der Waals surface area contributed by atoms with Crippen LogP contribution in [0, 0.1) is 0 Å². The Hall–Kier alpha value is -2.36. The SMILES string of the molecule is Nc1ccc(C2CCN(c3ccc(C=O)cc3)CC2)cn1. The Kier molecular flexibility index (Phi) is 3.86. The number of aromatic nitrogens is 1. The summed E-state index contributed by atoms with van der Waals surface area (Å²) in [5.41, 5.74) is 8.82. The summed E-state index contributed by atoms with van der Waals surface area (Å²) in [6.45, 7) is 2.05. The summed E-state index contributed by atoms with van der Waals surface area (Å²) in [4.78, 5) is 17.2. The van der Waals surface area contributed by atoms with Crippen molar-refractivity contribution in [1.82, 2.24) is 4.98 Å². The van der Waals surface area contributed by atoms with Crippen molar-refractivity contribution in [2.45, 2.75) is 18.8 Å². The molecule has 0 bridgehead atoms. The van der Waals surface area contributed by atoms with Crippen LogP contribution in [0.1, 0.15) is 34.7 Å². The van der Waals surface area contributed by atoms with E-state index >= 15 is 0 Å². The number of carbonyl (C=O) groups is 1. The lowest BCUT2D eigenvalue weighted by molar-refractivity contribution is 0.112. The molecule has 2 heterocycles. The number of nitrogens with two attached hydrogens (primary N) is 1. The molecule has 0 aliphatic carbocycles. The molecule has 0 saturated carbocycles. The number of piperidine rings is 1. The maximum absolute atomic E-state index is 10.7. The number of pyridine rings is 1. The molecule has 1 aromatic heterocycles. The molecule has 1 aliphatic heterocycles.